The van der Waals surface area contributed by atoms with Gasteiger partial charge in [0.2, 0.25) is 0 Å². The van der Waals surface area contributed by atoms with Crippen LogP contribution in [0.2, 0.25) is 0 Å². The molecule has 3 heterocycles. The third-order valence-electron chi connectivity index (χ3n) is 10.0. The van der Waals surface area contributed by atoms with Crippen molar-refractivity contribution in [3.63, 3.8) is 0 Å². The number of furan rings is 1. The molecule has 49 heavy (non-hydrogen) atoms. The van der Waals surface area contributed by atoms with Crippen molar-refractivity contribution in [3.8, 4) is 11.4 Å². The van der Waals surface area contributed by atoms with Gasteiger partial charge in [-0.05, 0) is 84.2 Å². The number of hydrogen-bond acceptors (Lipinski definition) is 4. The number of rotatable bonds is 1. The van der Waals surface area contributed by atoms with Crippen LogP contribution in [0, 0.1) is 0 Å². The SMILES string of the molecule is c1ccc(-c2nc3nc(n2)c2cccc4oc5ccc(cc5c42)c2ccccc2c2cc3cc3c4ccccc4c4ccccc4c23)cc1. The first kappa shape index (κ1) is 26.4. The van der Waals surface area contributed by atoms with E-state index in [1.54, 1.807) is 0 Å². The maximum Gasteiger partial charge on any atom is 0.164 e. The predicted molar refractivity (Wildman–Crippen MR) is 204 cm³/mol. The van der Waals surface area contributed by atoms with Gasteiger partial charge in [0, 0.05) is 27.1 Å². The van der Waals surface area contributed by atoms with E-state index in [1.807, 2.05) is 30.3 Å². The summed E-state index contributed by atoms with van der Waals surface area (Å²) in [7, 11) is 0. The lowest BCUT2D eigenvalue weighted by Gasteiger charge is -2.13. The highest BCUT2D eigenvalue weighted by Crippen LogP contribution is 2.41. The van der Waals surface area contributed by atoms with Gasteiger partial charge in [0.25, 0.3) is 0 Å². The summed E-state index contributed by atoms with van der Waals surface area (Å²) < 4.78 is 6.44. The van der Waals surface area contributed by atoms with Gasteiger partial charge in [-0.3, -0.25) is 0 Å². The van der Waals surface area contributed by atoms with E-state index in [2.05, 4.69) is 121 Å². The monoisotopic (exact) mass is 623 g/mol. The molecule has 11 aromatic rings. The van der Waals surface area contributed by atoms with Crippen LogP contribution >= 0.6 is 0 Å². The molecule has 0 spiro atoms. The van der Waals surface area contributed by atoms with Crippen LogP contribution in [0.1, 0.15) is 0 Å². The smallest absolute Gasteiger partial charge is 0.164 e. The van der Waals surface area contributed by atoms with E-state index in [-0.39, 0.29) is 0 Å². The van der Waals surface area contributed by atoms with E-state index in [1.165, 1.54) is 32.3 Å². The van der Waals surface area contributed by atoms with Crippen molar-refractivity contribution >= 4 is 97.9 Å². The number of aromatic nitrogens is 3. The van der Waals surface area contributed by atoms with Gasteiger partial charge in [-0.2, -0.15) is 0 Å². The van der Waals surface area contributed by atoms with Gasteiger partial charge in [-0.25, -0.2) is 15.0 Å². The van der Waals surface area contributed by atoms with Crippen molar-refractivity contribution in [3.05, 3.63) is 152 Å². The Balaban J connectivity index is 1.51. The Morgan fingerprint density at radius 3 is 1.65 bits per heavy atom. The molecular weight excluding hydrogens is 599 g/mol. The van der Waals surface area contributed by atoms with E-state index < -0.39 is 0 Å². The molecule has 226 valence electrons. The standard InChI is InChI=1S/C45H25N3O/c1-2-11-26(12-3-1)43-46-44-28-24-36(41-34-18-9-8-16-32(34)31-15-6-7-17-33(31)37(41)25-28)30-14-5-4-13-29(30)27-21-22-39-38(23-27)42-35(45(47-43)48-44)19-10-20-40(42)49-39/h1-25H. The van der Waals surface area contributed by atoms with E-state index in [0.29, 0.717) is 17.1 Å². The van der Waals surface area contributed by atoms with E-state index >= 15 is 0 Å². The Labute approximate surface area is 279 Å². The number of fused-ring (bicyclic) bond motifs is 17. The lowest BCUT2D eigenvalue weighted by Crippen LogP contribution is -1.94. The molecule has 0 aliphatic carbocycles. The Kier molecular flexibility index (Phi) is 5.35. The van der Waals surface area contributed by atoms with E-state index in [0.717, 1.165) is 59.8 Å². The molecule has 4 nitrogen and oxygen atoms in total. The average Bonchev–Trinajstić information content (AvgIpc) is 3.56. The highest BCUT2D eigenvalue weighted by Gasteiger charge is 2.16. The maximum absolute atomic E-state index is 6.44. The van der Waals surface area contributed by atoms with Crippen molar-refractivity contribution in [2.45, 2.75) is 0 Å². The Morgan fingerprint density at radius 2 is 0.898 bits per heavy atom. The van der Waals surface area contributed by atoms with Gasteiger partial charge in [-0.1, -0.05) is 121 Å². The Morgan fingerprint density at radius 1 is 0.327 bits per heavy atom. The molecule has 0 saturated heterocycles. The lowest BCUT2D eigenvalue weighted by atomic mass is 9.90. The number of benzene rings is 8. The topological polar surface area (TPSA) is 51.8 Å². The molecule has 0 amide bonds. The summed E-state index contributed by atoms with van der Waals surface area (Å²) in [5.41, 5.74) is 3.82. The lowest BCUT2D eigenvalue weighted by molar-refractivity contribution is 0.669. The average molecular weight is 624 g/mol. The van der Waals surface area contributed by atoms with Crippen LogP contribution in [0.4, 0.5) is 0 Å². The van der Waals surface area contributed by atoms with Crippen LogP contribution in [-0.2, 0) is 0 Å². The van der Waals surface area contributed by atoms with Crippen LogP contribution in [0.25, 0.3) is 109 Å². The molecule has 11 rings (SSSR count). The van der Waals surface area contributed by atoms with Gasteiger partial charge in [0.15, 0.2) is 17.1 Å². The van der Waals surface area contributed by atoms with E-state index in [4.69, 9.17) is 19.4 Å². The molecule has 0 fully saturated rings. The molecule has 0 aliphatic heterocycles. The fourth-order valence-electron chi connectivity index (χ4n) is 7.87. The van der Waals surface area contributed by atoms with Crippen LogP contribution in [0.15, 0.2) is 156 Å². The molecule has 0 saturated carbocycles. The van der Waals surface area contributed by atoms with Gasteiger partial charge in [0.1, 0.15) is 11.2 Å². The van der Waals surface area contributed by atoms with Crippen LogP contribution in [0.5, 0.6) is 0 Å². The van der Waals surface area contributed by atoms with Crippen LogP contribution < -0.4 is 0 Å². The molecule has 0 radical (unpaired) electrons. The third-order valence-corrected chi connectivity index (χ3v) is 10.0. The van der Waals surface area contributed by atoms with E-state index in [9.17, 15) is 0 Å². The van der Waals surface area contributed by atoms with Crippen LogP contribution in [-0.4, -0.2) is 15.0 Å². The zero-order chi connectivity index (χ0) is 32.1. The highest BCUT2D eigenvalue weighted by atomic mass is 16.3. The minimum absolute atomic E-state index is 0.615. The molecule has 0 atom stereocenters. The molecule has 4 heteroatoms. The fraction of sp³-hybridized carbons (Fsp3) is 0. The molecule has 8 aromatic carbocycles. The van der Waals surface area contributed by atoms with Crippen molar-refractivity contribution < 1.29 is 4.42 Å². The Bertz CT molecular complexity index is 3220. The van der Waals surface area contributed by atoms with Crippen LogP contribution in [0.3, 0.4) is 0 Å². The quantitative estimate of drug-likeness (QED) is 0.171. The molecule has 3 aromatic heterocycles. The summed E-state index contributed by atoms with van der Waals surface area (Å²) in [6.45, 7) is 0. The second-order valence-corrected chi connectivity index (χ2v) is 12.7. The van der Waals surface area contributed by atoms with Gasteiger partial charge in [0.05, 0.1) is 0 Å². The normalized spacial score (nSPS) is 12.1. The minimum atomic E-state index is 0.615. The van der Waals surface area contributed by atoms with Crippen molar-refractivity contribution in [2.24, 2.45) is 0 Å². The highest BCUT2D eigenvalue weighted by molar-refractivity contribution is 6.33. The summed E-state index contributed by atoms with van der Waals surface area (Å²) >= 11 is 0. The first-order valence-electron chi connectivity index (χ1n) is 16.5. The third kappa shape index (κ3) is 3.83. The molecule has 6 bridgehead atoms. The second-order valence-electron chi connectivity index (χ2n) is 12.7. The first-order chi connectivity index (χ1) is 24.3. The maximum atomic E-state index is 6.44. The zero-order valence-corrected chi connectivity index (χ0v) is 26.2. The fourth-order valence-corrected chi connectivity index (χ4v) is 7.87. The van der Waals surface area contributed by atoms with Gasteiger partial charge >= 0.3 is 0 Å². The molecule has 0 unspecified atom stereocenters. The predicted octanol–water partition coefficient (Wildman–Crippen LogP) is 12.1. The number of hydrogen-bond donors (Lipinski definition) is 0. The van der Waals surface area contributed by atoms with Crippen molar-refractivity contribution in [1.82, 2.24) is 15.0 Å². The summed E-state index contributed by atoms with van der Waals surface area (Å²) in [4.78, 5) is 15.6. The summed E-state index contributed by atoms with van der Waals surface area (Å²) in [5, 5.41) is 15.7. The largest absolute Gasteiger partial charge is 0.456 e. The molecule has 0 N–H and O–H groups in total. The molecule has 0 aliphatic rings. The van der Waals surface area contributed by atoms with Gasteiger partial charge < -0.3 is 4.42 Å². The summed E-state index contributed by atoms with van der Waals surface area (Å²) in [6.07, 6.45) is 0. The first-order valence-corrected chi connectivity index (χ1v) is 16.5. The Hall–Kier alpha value is -6.65. The van der Waals surface area contributed by atoms with Crippen molar-refractivity contribution in [2.75, 3.05) is 0 Å². The second kappa shape index (κ2) is 9.93. The number of nitrogens with zero attached hydrogens (tertiary/aromatic N) is 3. The zero-order valence-electron chi connectivity index (χ0n) is 26.2. The summed E-state index contributed by atoms with van der Waals surface area (Å²) in [6, 6.07) is 53.6. The van der Waals surface area contributed by atoms with Gasteiger partial charge in [-0.15, -0.1) is 0 Å². The minimum Gasteiger partial charge on any atom is -0.456 e. The summed E-state index contributed by atoms with van der Waals surface area (Å²) in [5.74, 6) is 0.631. The molecular formula is C45H25N3O. The van der Waals surface area contributed by atoms with Crippen molar-refractivity contribution in [1.29, 1.82) is 0 Å².